The summed E-state index contributed by atoms with van der Waals surface area (Å²) < 4.78 is 63.3. The van der Waals surface area contributed by atoms with Crippen molar-refractivity contribution in [3.63, 3.8) is 0 Å². The molecular weight excluding hydrogens is 590 g/mol. The van der Waals surface area contributed by atoms with Crippen LogP contribution in [0, 0.1) is 5.82 Å². The molecule has 3 aromatic rings. The minimum atomic E-state index is -3.38. The van der Waals surface area contributed by atoms with Crippen molar-refractivity contribution in [1.29, 1.82) is 0 Å². The Morgan fingerprint density at radius 1 is 0.953 bits per heavy atom. The standard InChI is InChI=1S/C32H40FN3O5S2/c1-4-36(32(37)22-24-8-14-30(15-9-24)42(2,38)39)29-16-19-35(20-17-29)21-18-31(26-6-5-7-27(33)23-26)25-10-12-28(13-11-25)34-43(3,40)41/h5-15,23,29,31,34H,4,16-22H2,1-3H3. The average molecular weight is 630 g/mol. The highest BCUT2D eigenvalue weighted by atomic mass is 32.2. The quantitative estimate of drug-likeness (QED) is 0.312. The number of sulfonamides is 1. The molecule has 1 unspecified atom stereocenters. The van der Waals surface area contributed by atoms with E-state index in [1.54, 1.807) is 48.5 Å². The van der Waals surface area contributed by atoms with Crippen LogP contribution in [-0.2, 0) is 31.1 Å². The fourth-order valence-electron chi connectivity index (χ4n) is 5.78. The summed E-state index contributed by atoms with van der Waals surface area (Å²) in [6, 6.07) is 20.5. The maximum absolute atomic E-state index is 14.2. The summed E-state index contributed by atoms with van der Waals surface area (Å²) in [5.41, 5.74) is 3.11. The van der Waals surface area contributed by atoms with E-state index in [4.69, 9.17) is 0 Å². The molecule has 1 heterocycles. The maximum Gasteiger partial charge on any atom is 0.229 e. The first kappa shape index (κ1) is 32.6. The van der Waals surface area contributed by atoms with Crippen LogP contribution in [0.1, 0.15) is 48.8 Å². The third kappa shape index (κ3) is 9.35. The number of carbonyl (C=O) groups excluding carboxylic acids is 1. The third-order valence-corrected chi connectivity index (χ3v) is 9.70. The number of sulfone groups is 1. The third-order valence-electron chi connectivity index (χ3n) is 7.97. The largest absolute Gasteiger partial charge is 0.340 e. The summed E-state index contributed by atoms with van der Waals surface area (Å²) in [5, 5.41) is 0. The lowest BCUT2D eigenvalue weighted by atomic mass is 9.88. The van der Waals surface area contributed by atoms with Crippen molar-refractivity contribution in [2.75, 3.05) is 43.4 Å². The maximum atomic E-state index is 14.2. The van der Waals surface area contributed by atoms with Gasteiger partial charge in [0, 0.05) is 43.5 Å². The monoisotopic (exact) mass is 629 g/mol. The van der Waals surface area contributed by atoms with Gasteiger partial charge in [0.25, 0.3) is 0 Å². The van der Waals surface area contributed by atoms with Gasteiger partial charge in [0.2, 0.25) is 15.9 Å². The number of anilines is 1. The topological polar surface area (TPSA) is 104 Å². The molecule has 1 N–H and O–H groups in total. The van der Waals surface area contributed by atoms with E-state index in [-0.39, 0.29) is 35.0 Å². The minimum absolute atomic E-state index is 0.0352. The van der Waals surface area contributed by atoms with Crippen molar-refractivity contribution in [3.05, 3.63) is 95.3 Å². The molecule has 1 amide bonds. The first-order chi connectivity index (χ1) is 20.3. The van der Waals surface area contributed by atoms with Crippen LogP contribution in [0.5, 0.6) is 0 Å². The summed E-state index contributed by atoms with van der Waals surface area (Å²) in [6.45, 7) is 5.06. The van der Waals surface area contributed by atoms with Crippen molar-refractivity contribution < 1.29 is 26.0 Å². The number of carbonyl (C=O) groups is 1. The lowest BCUT2D eigenvalue weighted by molar-refractivity contribution is -0.133. The van der Waals surface area contributed by atoms with E-state index in [0.29, 0.717) is 12.2 Å². The van der Waals surface area contributed by atoms with E-state index in [2.05, 4.69) is 9.62 Å². The number of likely N-dealkylation sites (N-methyl/N-ethyl adjacent to an activating group) is 1. The smallest absolute Gasteiger partial charge is 0.229 e. The Kier molecular flexibility index (Phi) is 10.6. The van der Waals surface area contributed by atoms with E-state index in [0.717, 1.165) is 61.8 Å². The Hall–Kier alpha value is -3.28. The Morgan fingerprint density at radius 2 is 1.60 bits per heavy atom. The van der Waals surface area contributed by atoms with Crippen LogP contribution >= 0.6 is 0 Å². The second kappa shape index (κ2) is 14.0. The lowest BCUT2D eigenvalue weighted by Crippen LogP contribution is -2.48. The number of hydrogen-bond donors (Lipinski definition) is 1. The predicted octanol–water partition coefficient (Wildman–Crippen LogP) is 4.68. The Balaban J connectivity index is 1.36. The van der Waals surface area contributed by atoms with Gasteiger partial charge in [-0.3, -0.25) is 9.52 Å². The molecular formula is C32H40FN3O5S2. The van der Waals surface area contributed by atoms with Crippen molar-refractivity contribution in [1.82, 2.24) is 9.80 Å². The molecule has 3 aromatic carbocycles. The highest BCUT2D eigenvalue weighted by molar-refractivity contribution is 7.92. The number of nitrogens with one attached hydrogen (secondary N) is 1. The first-order valence-corrected chi connectivity index (χ1v) is 18.2. The van der Waals surface area contributed by atoms with Gasteiger partial charge in [-0.25, -0.2) is 21.2 Å². The first-order valence-electron chi connectivity index (χ1n) is 14.5. The molecule has 0 aliphatic carbocycles. The van der Waals surface area contributed by atoms with Gasteiger partial charge in [-0.2, -0.15) is 0 Å². The highest BCUT2D eigenvalue weighted by Crippen LogP contribution is 2.31. The van der Waals surface area contributed by atoms with Crippen LogP contribution in [0.3, 0.4) is 0 Å². The Labute approximate surface area is 254 Å². The lowest BCUT2D eigenvalue weighted by Gasteiger charge is -2.38. The van der Waals surface area contributed by atoms with Gasteiger partial charge in [0.05, 0.1) is 17.6 Å². The normalized spacial score (nSPS) is 15.6. The van der Waals surface area contributed by atoms with Crippen molar-refractivity contribution in [3.8, 4) is 0 Å². The second-order valence-electron chi connectivity index (χ2n) is 11.2. The number of piperidine rings is 1. The molecule has 1 aliphatic rings. The molecule has 1 aliphatic heterocycles. The molecule has 8 nitrogen and oxygen atoms in total. The molecule has 43 heavy (non-hydrogen) atoms. The fraction of sp³-hybridized carbons (Fsp3) is 0.406. The molecule has 0 saturated carbocycles. The van der Waals surface area contributed by atoms with Gasteiger partial charge in [0.15, 0.2) is 9.84 Å². The SMILES string of the molecule is CCN(C(=O)Cc1ccc(S(C)(=O)=O)cc1)C1CCN(CCC(c2ccc(NS(C)(=O)=O)cc2)c2cccc(F)c2)CC1. The van der Waals surface area contributed by atoms with E-state index >= 15 is 0 Å². The predicted molar refractivity (Wildman–Crippen MR) is 168 cm³/mol. The van der Waals surface area contributed by atoms with Gasteiger partial charge >= 0.3 is 0 Å². The zero-order valence-corrected chi connectivity index (χ0v) is 26.5. The average Bonchev–Trinajstić information content (AvgIpc) is 2.94. The van der Waals surface area contributed by atoms with E-state index in [9.17, 15) is 26.0 Å². The fourth-order valence-corrected chi connectivity index (χ4v) is 6.98. The number of halogens is 1. The van der Waals surface area contributed by atoms with Crippen LogP contribution in [-0.4, -0.2) is 77.3 Å². The molecule has 4 rings (SSSR count). The molecule has 0 aromatic heterocycles. The van der Waals surface area contributed by atoms with Crippen LogP contribution in [0.2, 0.25) is 0 Å². The van der Waals surface area contributed by atoms with Gasteiger partial charge in [-0.15, -0.1) is 0 Å². The number of hydrogen-bond acceptors (Lipinski definition) is 6. The minimum Gasteiger partial charge on any atom is -0.340 e. The van der Waals surface area contributed by atoms with Crippen LogP contribution in [0.15, 0.2) is 77.7 Å². The van der Waals surface area contributed by atoms with Gasteiger partial charge in [-0.05, 0) is 85.8 Å². The highest BCUT2D eigenvalue weighted by Gasteiger charge is 2.27. The molecule has 1 atom stereocenters. The zero-order valence-electron chi connectivity index (χ0n) is 24.9. The van der Waals surface area contributed by atoms with E-state index in [1.165, 1.54) is 12.3 Å². The van der Waals surface area contributed by atoms with Crippen molar-refractivity contribution in [2.24, 2.45) is 0 Å². The molecule has 1 saturated heterocycles. The number of benzene rings is 3. The number of nitrogens with zero attached hydrogens (tertiary/aromatic N) is 2. The Bertz CT molecular complexity index is 1600. The van der Waals surface area contributed by atoms with Crippen LogP contribution in [0.4, 0.5) is 10.1 Å². The molecule has 0 spiro atoms. The van der Waals surface area contributed by atoms with Crippen molar-refractivity contribution in [2.45, 2.75) is 49.5 Å². The Morgan fingerprint density at radius 3 is 2.16 bits per heavy atom. The molecule has 11 heteroatoms. The molecule has 0 radical (unpaired) electrons. The van der Waals surface area contributed by atoms with Gasteiger partial charge in [0.1, 0.15) is 5.82 Å². The summed E-state index contributed by atoms with van der Waals surface area (Å²) in [4.78, 5) is 17.7. The number of likely N-dealkylation sites (tertiary alicyclic amines) is 1. The molecule has 0 bridgehead atoms. The summed E-state index contributed by atoms with van der Waals surface area (Å²) in [6.07, 6.45) is 4.96. The molecule has 232 valence electrons. The number of amides is 1. The summed E-state index contributed by atoms with van der Waals surface area (Å²) >= 11 is 0. The number of rotatable bonds is 12. The van der Waals surface area contributed by atoms with E-state index in [1.807, 2.05) is 30.0 Å². The van der Waals surface area contributed by atoms with Crippen LogP contribution < -0.4 is 4.72 Å². The van der Waals surface area contributed by atoms with Gasteiger partial charge < -0.3 is 9.80 Å². The summed E-state index contributed by atoms with van der Waals surface area (Å²) in [5.74, 6) is -0.328. The summed E-state index contributed by atoms with van der Waals surface area (Å²) in [7, 11) is -6.67. The van der Waals surface area contributed by atoms with Crippen LogP contribution in [0.25, 0.3) is 0 Å². The zero-order chi connectivity index (χ0) is 31.2. The molecule has 1 fully saturated rings. The second-order valence-corrected chi connectivity index (χ2v) is 15.0. The van der Waals surface area contributed by atoms with Crippen molar-refractivity contribution >= 4 is 31.5 Å². The van der Waals surface area contributed by atoms with Gasteiger partial charge in [-0.1, -0.05) is 36.4 Å². The van der Waals surface area contributed by atoms with E-state index < -0.39 is 19.9 Å².